The van der Waals surface area contributed by atoms with E-state index in [9.17, 15) is 0 Å². The standard InChI is InChI=1S/C22H29N3O2S/c1-18-6-5-8-20(16-18)23-22(28)25(11-10-24-12-14-27-15-13-24)17-19-7-3-4-9-21(19)26-2/h3-9,16H,10-15,17H2,1-2H3,(H,23,28). The van der Waals surface area contributed by atoms with Crippen LogP contribution in [0.1, 0.15) is 11.1 Å². The lowest BCUT2D eigenvalue weighted by molar-refractivity contribution is 0.0358. The van der Waals surface area contributed by atoms with Gasteiger partial charge in [0.05, 0.1) is 20.3 Å². The molecule has 0 spiro atoms. The lowest BCUT2D eigenvalue weighted by atomic mass is 10.2. The summed E-state index contributed by atoms with van der Waals surface area (Å²) in [6.07, 6.45) is 0. The van der Waals surface area contributed by atoms with E-state index in [2.05, 4.69) is 40.2 Å². The van der Waals surface area contributed by atoms with Crippen molar-refractivity contribution in [1.82, 2.24) is 9.80 Å². The molecule has 1 aliphatic rings. The molecule has 0 aliphatic carbocycles. The molecule has 0 aromatic heterocycles. The Balaban J connectivity index is 1.71. The van der Waals surface area contributed by atoms with Crippen LogP contribution in [0.15, 0.2) is 48.5 Å². The Morgan fingerprint density at radius 1 is 1.18 bits per heavy atom. The summed E-state index contributed by atoms with van der Waals surface area (Å²) in [6, 6.07) is 16.4. The molecular weight excluding hydrogens is 370 g/mol. The average Bonchev–Trinajstić information content (AvgIpc) is 2.72. The SMILES string of the molecule is COc1ccccc1CN(CCN1CCOCC1)C(=S)Nc1cccc(C)c1. The Morgan fingerprint density at radius 3 is 2.71 bits per heavy atom. The fraction of sp³-hybridized carbons (Fsp3) is 0.409. The van der Waals surface area contributed by atoms with Crippen LogP contribution < -0.4 is 10.1 Å². The van der Waals surface area contributed by atoms with Gasteiger partial charge in [0.25, 0.3) is 0 Å². The first-order valence-electron chi connectivity index (χ1n) is 9.70. The third-order valence-electron chi connectivity index (χ3n) is 4.90. The number of ether oxygens (including phenoxy) is 2. The highest BCUT2D eigenvalue weighted by atomic mass is 32.1. The van der Waals surface area contributed by atoms with Crippen LogP contribution in [0.5, 0.6) is 5.75 Å². The Bertz CT molecular complexity index is 778. The predicted octanol–water partition coefficient (Wildman–Crippen LogP) is 3.53. The van der Waals surface area contributed by atoms with Crippen LogP contribution in [-0.4, -0.2) is 61.4 Å². The van der Waals surface area contributed by atoms with Crippen LogP contribution in [0.4, 0.5) is 5.69 Å². The van der Waals surface area contributed by atoms with Gasteiger partial charge in [-0.2, -0.15) is 0 Å². The molecule has 1 aliphatic heterocycles. The fourth-order valence-corrected chi connectivity index (χ4v) is 3.58. The third-order valence-corrected chi connectivity index (χ3v) is 5.26. The molecule has 5 nitrogen and oxygen atoms in total. The number of hydrogen-bond acceptors (Lipinski definition) is 4. The molecule has 0 unspecified atom stereocenters. The maximum absolute atomic E-state index is 5.78. The summed E-state index contributed by atoms with van der Waals surface area (Å²) >= 11 is 5.78. The van der Waals surface area contributed by atoms with Crippen LogP contribution in [0.25, 0.3) is 0 Å². The van der Waals surface area contributed by atoms with Gasteiger partial charge in [-0.1, -0.05) is 30.3 Å². The molecule has 1 heterocycles. The molecule has 0 radical (unpaired) electrons. The van der Waals surface area contributed by atoms with E-state index in [0.29, 0.717) is 6.54 Å². The number of methoxy groups -OCH3 is 1. The minimum Gasteiger partial charge on any atom is -0.496 e. The zero-order valence-electron chi connectivity index (χ0n) is 16.7. The van der Waals surface area contributed by atoms with Gasteiger partial charge in [0.15, 0.2) is 5.11 Å². The molecule has 0 atom stereocenters. The summed E-state index contributed by atoms with van der Waals surface area (Å²) in [4.78, 5) is 4.64. The minimum atomic E-state index is 0.700. The van der Waals surface area contributed by atoms with Gasteiger partial charge in [0.2, 0.25) is 0 Å². The Hall–Kier alpha value is -2.15. The highest BCUT2D eigenvalue weighted by molar-refractivity contribution is 7.80. The third kappa shape index (κ3) is 5.92. The van der Waals surface area contributed by atoms with Crippen molar-refractivity contribution in [2.45, 2.75) is 13.5 Å². The summed E-state index contributed by atoms with van der Waals surface area (Å²) in [5.41, 5.74) is 3.35. The van der Waals surface area contributed by atoms with Crippen LogP contribution in [0.3, 0.4) is 0 Å². The highest BCUT2D eigenvalue weighted by Gasteiger charge is 2.16. The van der Waals surface area contributed by atoms with Crippen LogP contribution in [-0.2, 0) is 11.3 Å². The summed E-state index contributed by atoms with van der Waals surface area (Å²) < 4.78 is 11.0. The number of thiocarbonyl (C=S) groups is 1. The lowest BCUT2D eigenvalue weighted by Gasteiger charge is -2.31. The summed E-state index contributed by atoms with van der Waals surface area (Å²) in [5, 5.41) is 4.13. The molecule has 28 heavy (non-hydrogen) atoms. The largest absolute Gasteiger partial charge is 0.496 e. The molecule has 3 rings (SSSR count). The summed E-state index contributed by atoms with van der Waals surface area (Å²) in [6.45, 7) is 8.13. The maximum atomic E-state index is 5.78. The molecular formula is C22H29N3O2S. The van der Waals surface area contributed by atoms with Crippen molar-refractivity contribution < 1.29 is 9.47 Å². The average molecular weight is 400 g/mol. The Morgan fingerprint density at radius 2 is 1.96 bits per heavy atom. The number of benzene rings is 2. The summed E-state index contributed by atoms with van der Waals surface area (Å²) in [5.74, 6) is 0.886. The second kappa shape index (κ2) is 10.4. The number of nitrogens with one attached hydrogen (secondary N) is 1. The molecule has 1 saturated heterocycles. The second-order valence-corrected chi connectivity index (χ2v) is 7.37. The van der Waals surface area contributed by atoms with Gasteiger partial charge < -0.3 is 19.7 Å². The van der Waals surface area contributed by atoms with Crippen molar-refractivity contribution in [2.24, 2.45) is 0 Å². The van der Waals surface area contributed by atoms with Gasteiger partial charge in [-0.05, 0) is 42.9 Å². The first kappa shape index (κ1) is 20.6. The van der Waals surface area contributed by atoms with E-state index >= 15 is 0 Å². The van der Waals surface area contributed by atoms with E-state index in [0.717, 1.165) is 61.5 Å². The smallest absolute Gasteiger partial charge is 0.173 e. The van der Waals surface area contributed by atoms with Gasteiger partial charge >= 0.3 is 0 Å². The van der Waals surface area contributed by atoms with E-state index in [1.807, 2.05) is 30.3 Å². The van der Waals surface area contributed by atoms with Crippen LogP contribution in [0, 0.1) is 6.92 Å². The van der Waals surface area contributed by atoms with Crippen molar-refractivity contribution in [3.8, 4) is 5.75 Å². The fourth-order valence-electron chi connectivity index (χ4n) is 3.30. The normalized spacial score (nSPS) is 14.5. The molecule has 2 aromatic rings. The van der Waals surface area contributed by atoms with Crippen LogP contribution >= 0.6 is 12.2 Å². The maximum Gasteiger partial charge on any atom is 0.173 e. The molecule has 0 saturated carbocycles. The Kier molecular flexibility index (Phi) is 7.65. The summed E-state index contributed by atoms with van der Waals surface area (Å²) in [7, 11) is 1.71. The number of aryl methyl sites for hydroxylation is 1. The molecule has 150 valence electrons. The minimum absolute atomic E-state index is 0.700. The van der Waals surface area contributed by atoms with Crippen molar-refractivity contribution in [1.29, 1.82) is 0 Å². The van der Waals surface area contributed by atoms with E-state index in [1.54, 1.807) is 7.11 Å². The molecule has 1 N–H and O–H groups in total. The first-order valence-corrected chi connectivity index (χ1v) is 10.1. The van der Waals surface area contributed by atoms with E-state index < -0.39 is 0 Å². The molecule has 0 bridgehead atoms. The van der Waals surface area contributed by atoms with Gasteiger partial charge in [-0.25, -0.2) is 0 Å². The molecule has 6 heteroatoms. The van der Waals surface area contributed by atoms with Gasteiger partial charge in [-0.3, -0.25) is 4.90 Å². The second-order valence-electron chi connectivity index (χ2n) is 6.99. The molecule has 1 fully saturated rings. The van der Waals surface area contributed by atoms with Crippen molar-refractivity contribution in [3.63, 3.8) is 0 Å². The lowest BCUT2D eigenvalue weighted by Crippen LogP contribution is -2.44. The predicted molar refractivity (Wildman–Crippen MR) is 118 cm³/mol. The highest BCUT2D eigenvalue weighted by Crippen LogP contribution is 2.20. The van der Waals surface area contributed by atoms with E-state index in [-0.39, 0.29) is 0 Å². The van der Waals surface area contributed by atoms with E-state index in [1.165, 1.54) is 5.56 Å². The first-order chi connectivity index (χ1) is 13.7. The zero-order valence-corrected chi connectivity index (χ0v) is 17.5. The van der Waals surface area contributed by atoms with Crippen molar-refractivity contribution in [3.05, 3.63) is 59.7 Å². The van der Waals surface area contributed by atoms with Crippen LogP contribution in [0.2, 0.25) is 0 Å². The number of morpholine rings is 1. The topological polar surface area (TPSA) is 37.0 Å². The number of rotatable bonds is 7. The Labute approximate surface area is 173 Å². The molecule has 0 amide bonds. The van der Waals surface area contributed by atoms with Crippen molar-refractivity contribution in [2.75, 3.05) is 51.8 Å². The number of para-hydroxylation sites is 1. The number of anilines is 1. The van der Waals surface area contributed by atoms with E-state index in [4.69, 9.17) is 21.7 Å². The zero-order chi connectivity index (χ0) is 19.8. The monoisotopic (exact) mass is 399 g/mol. The van der Waals surface area contributed by atoms with Gasteiger partial charge in [0, 0.05) is 44.0 Å². The quantitative estimate of drug-likeness (QED) is 0.718. The number of nitrogens with zero attached hydrogens (tertiary/aromatic N) is 2. The van der Waals surface area contributed by atoms with Gasteiger partial charge in [0.1, 0.15) is 5.75 Å². The van der Waals surface area contributed by atoms with Gasteiger partial charge in [-0.15, -0.1) is 0 Å². The van der Waals surface area contributed by atoms with Crippen molar-refractivity contribution >= 4 is 23.0 Å². The molecule has 2 aromatic carbocycles. The number of hydrogen-bond donors (Lipinski definition) is 1.